The van der Waals surface area contributed by atoms with Crippen LogP contribution in [0.1, 0.15) is 45.7 Å². The quantitative estimate of drug-likeness (QED) is 0.0537. The Morgan fingerprint density at radius 3 is 1.33 bits per heavy atom. The van der Waals surface area contributed by atoms with Gasteiger partial charge in [-0.05, 0) is 81.1 Å². The predicted octanol–water partition coefficient (Wildman–Crippen LogP) is 8.09. The van der Waals surface area contributed by atoms with Crippen LogP contribution in [0.25, 0.3) is 23.3 Å². The van der Waals surface area contributed by atoms with Crippen molar-refractivity contribution in [2.45, 2.75) is 34.6 Å². The molecule has 0 saturated carbocycles. The minimum atomic E-state index is -0.611. The number of hydrogen-bond donors (Lipinski definition) is 0. The van der Waals surface area contributed by atoms with Crippen LogP contribution in [0.5, 0.6) is 23.0 Å². The maximum atomic E-state index is 12.1. The van der Waals surface area contributed by atoms with Crippen LogP contribution >= 0.6 is 0 Å². The molecule has 0 amide bonds. The smallest absolute Gasteiger partial charge is 0.338 e. The van der Waals surface area contributed by atoms with Gasteiger partial charge in [0.15, 0.2) is 0 Å². The molecule has 0 atom stereocenters. The van der Waals surface area contributed by atoms with Crippen LogP contribution in [0.15, 0.2) is 109 Å². The summed E-state index contributed by atoms with van der Waals surface area (Å²) in [4.78, 5) is 46.9. The highest BCUT2D eigenvalue weighted by atomic mass is 16.6. The van der Waals surface area contributed by atoms with Crippen LogP contribution < -0.4 is 18.9 Å². The molecule has 3 aromatic carbocycles. The summed E-state index contributed by atoms with van der Waals surface area (Å²) in [6, 6.07) is 16.8. The predicted molar refractivity (Wildman–Crippen MR) is 176 cm³/mol. The monoisotopic (exact) mass is 608 g/mol. The fourth-order valence-corrected chi connectivity index (χ4v) is 3.29. The second kappa shape index (κ2) is 16.8. The summed E-state index contributed by atoms with van der Waals surface area (Å²) in [7, 11) is 0. The van der Waals surface area contributed by atoms with Gasteiger partial charge >= 0.3 is 17.9 Å². The van der Waals surface area contributed by atoms with E-state index in [4.69, 9.17) is 18.9 Å². The first-order valence-electron chi connectivity index (χ1n) is 13.6. The van der Waals surface area contributed by atoms with Gasteiger partial charge in [-0.3, -0.25) is 4.79 Å². The molecule has 0 heterocycles. The second-order valence-electron chi connectivity index (χ2n) is 10.3. The Morgan fingerprint density at radius 1 is 0.533 bits per heavy atom. The Balaban J connectivity index is 0.00000166. The molecule has 45 heavy (non-hydrogen) atoms. The van der Waals surface area contributed by atoms with Gasteiger partial charge in [0.05, 0.1) is 0 Å². The van der Waals surface area contributed by atoms with Crippen molar-refractivity contribution in [3.8, 4) is 34.1 Å². The molecule has 8 nitrogen and oxygen atoms in total. The Morgan fingerprint density at radius 2 is 0.911 bits per heavy atom. The SMILES string of the molecule is C=C(C)C.C=C(C)C(=O)Oc1cc(/C=C/c2ccc(-c3cc(OC(=O)C(=C)C)cc(OC(=O)C(=C)C)c3)cc2)cc(OC=O)c1. The van der Waals surface area contributed by atoms with Crippen molar-refractivity contribution in [1.29, 1.82) is 0 Å². The number of carbonyl (C=O) groups is 4. The second-order valence-corrected chi connectivity index (χ2v) is 10.3. The first-order valence-corrected chi connectivity index (χ1v) is 13.6. The number of ether oxygens (including phenoxy) is 4. The number of allylic oxidation sites excluding steroid dienone is 1. The molecule has 3 aromatic rings. The van der Waals surface area contributed by atoms with Crippen LogP contribution in [0, 0.1) is 0 Å². The van der Waals surface area contributed by atoms with Crippen molar-refractivity contribution in [3.05, 3.63) is 120 Å². The number of benzene rings is 3. The van der Waals surface area contributed by atoms with E-state index in [0.29, 0.717) is 11.1 Å². The van der Waals surface area contributed by atoms with Crippen molar-refractivity contribution in [2.24, 2.45) is 0 Å². The maximum absolute atomic E-state index is 12.1. The van der Waals surface area contributed by atoms with Crippen LogP contribution in [0.3, 0.4) is 0 Å². The molecule has 8 heteroatoms. The van der Waals surface area contributed by atoms with Crippen molar-refractivity contribution >= 4 is 36.5 Å². The fraction of sp³-hybridized carbons (Fsp3) is 0.135. The van der Waals surface area contributed by atoms with Gasteiger partial charge in [0.2, 0.25) is 0 Å². The third kappa shape index (κ3) is 12.2. The molecule has 0 aliphatic heterocycles. The van der Waals surface area contributed by atoms with E-state index in [-0.39, 0.29) is 46.2 Å². The fourth-order valence-electron chi connectivity index (χ4n) is 3.29. The van der Waals surface area contributed by atoms with Gasteiger partial charge in [-0.15, -0.1) is 6.58 Å². The van der Waals surface area contributed by atoms with Crippen molar-refractivity contribution < 1.29 is 38.1 Å². The molecule has 0 spiro atoms. The van der Waals surface area contributed by atoms with Crippen molar-refractivity contribution in [3.63, 3.8) is 0 Å². The lowest BCUT2D eigenvalue weighted by Gasteiger charge is -2.11. The lowest BCUT2D eigenvalue weighted by molar-refractivity contribution is -0.131. The van der Waals surface area contributed by atoms with Crippen LogP contribution in [-0.2, 0) is 19.2 Å². The van der Waals surface area contributed by atoms with E-state index in [0.717, 1.165) is 11.1 Å². The average molecular weight is 609 g/mol. The molecule has 3 rings (SSSR count). The molecule has 0 bridgehead atoms. The summed E-state index contributed by atoms with van der Waals surface area (Å²) >= 11 is 0. The minimum Gasteiger partial charge on any atom is -0.429 e. The first kappa shape index (κ1) is 35.4. The molecule has 0 unspecified atom stereocenters. The number of hydrogen-bond acceptors (Lipinski definition) is 8. The van der Waals surface area contributed by atoms with Crippen LogP contribution in [0.4, 0.5) is 0 Å². The lowest BCUT2D eigenvalue weighted by Crippen LogP contribution is -2.10. The summed E-state index contributed by atoms with van der Waals surface area (Å²) in [6.45, 7) is 23.1. The van der Waals surface area contributed by atoms with Gasteiger partial charge in [-0.2, -0.15) is 0 Å². The Labute approximate surface area is 263 Å². The zero-order valence-electron chi connectivity index (χ0n) is 26.1. The number of carbonyl (C=O) groups excluding carboxylic acids is 4. The Kier molecular flexibility index (Phi) is 13.2. The van der Waals surface area contributed by atoms with E-state index < -0.39 is 17.9 Å². The lowest BCUT2D eigenvalue weighted by atomic mass is 10.0. The third-order valence-corrected chi connectivity index (χ3v) is 5.36. The normalized spacial score (nSPS) is 10.1. The molecule has 0 aliphatic carbocycles. The van der Waals surface area contributed by atoms with Crippen molar-refractivity contribution in [1.82, 2.24) is 0 Å². The van der Waals surface area contributed by atoms with Crippen LogP contribution in [0.2, 0.25) is 0 Å². The number of rotatable bonds is 11. The third-order valence-electron chi connectivity index (χ3n) is 5.36. The van der Waals surface area contributed by atoms with Gasteiger partial charge in [-0.25, -0.2) is 14.4 Å². The van der Waals surface area contributed by atoms with Crippen molar-refractivity contribution in [2.75, 3.05) is 0 Å². The summed E-state index contributed by atoms with van der Waals surface area (Å²) in [6.07, 6.45) is 3.58. The highest BCUT2D eigenvalue weighted by Gasteiger charge is 2.13. The maximum Gasteiger partial charge on any atom is 0.338 e. The molecule has 0 radical (unpaired) electrons. The van der Waals surface area contributed by atoms with Gasteiger partial charge in [-0.1, -0.05) is 61.7 Å². The van der Waals surface area contributed by atoms with E-state index in [1.807, 2.05) is 44.2 Å². The van der Waals surface area contributed by atoms with E-state index in [1.165, 1.54) is 38.5 Å². The number of esters is 3. The first-order chi connectivity index (χ1) is 21.2. The summed E-state index contributed by atoms with van der Waals surface area (Å²) < 4.78 is 21.0. The van der Waals surface area contributed by atoms with Gasteiger partial charge < -0.3 is 18.9 Å². The van der Waals surface area contributed by atoms with Gasteiger partial charge in [0.1, 0.15) is 23.0 Å². The topological polar surface area (TPSA) is 105 Å². The minimum absolute atomic E-state index is 0.185. The summed E-state index contributed by atoms with van der Waals surface area (Å²) in [5, 5.41) is 0. The largest absolute Gasteiger partial charge is 0.429 e. The van der Waals surface area contributed by atoms with Gasteiger partial charge in [0.25, 0.3) is 6.47 Å². The Bertz CT molecular complexity index is 1620. The van der Waals surface area contributed by atoms with E-state index in [9.17, 15) is 19.2 Å². The molecular formula is C37H36O8. The van der Waals surface area contributed by atoms with E-state index >= 15 is 0 Å². The standard InChI is InChI=1S/C33H28O8.C4H8/c1-20(2)31(35)39-28-14-24(13-27(17-28)38-19-34)8-7-23-9-11-25(12-10-23)26-15-29(40-32(36)21(3)4)18-30(16-26)41-33(37)22(5)6;1-4(2)3/h7-19H,1,3,5H2,2,4,6H3;1H2,2-3H3/b8-7+;. The summed E-state index contributed by atoms with van der Waals surface area (Å²) in [5.41, 5.74) is 4.68. The molecule has 0 aliphatic rings. The highest BCUT2D eigenvalue weighted by Crippen LogP contribution is 2.31. The summed E-state index contributed by atoms with van der Waals surface area (Å²) in [5.74, 6) is -1.05. The molecule has 232 valence electrons. The Hall–Kier alpha value is -5.76. The molecule has 0 N–H and O–H groups in total. The van der Waals surface area contributed by atoms with Crippen LogP contribution in [-0.4, -0.2) is 24.4 Å². The average Bonchev–Trinajstić information content (AvgIpc) is 2.96. The van der Waals surface area contributed by atoms with E-state index in [2.05, 4.69) is 26.3 Å². The van der Waals surface area contributed by atoms with E-state index in [1.54, 1.807) is 30.3 Å². The molecule has 0 saturated heterocycles. The van der Waals surface area contributed by atoms with Gasteiger partial charge in [0, 0.05) is 28.9 Å². The molecule has 0 aromatic heterocycles. The molecular weight excluding hydrogens is 572 g/mol. The molecule has 0 fully saturated rings. The highest BCUT2D eigenvalue weighted by molar-refractivity contribution is 5.91. The zero-order chi connectivity index (χ0) is 33.7. The zero-order valence-corrected chi connectivity index (χ0v) is 26.1.